The lowest BCUT2D eigenvalue weighted by atomic mass is 9.64. The second-order valence-corrected chi connectivity index (χ2v) is 8.59. The van der Waals surface area contributed by atoms with Crippen LogP contribution in [0.3, 0.4) is 0 Å². The number of benzene rings is 1. The van der Waals surface area contributed by atoms with Gasteiger partial charge in [-0.15, -0.1) is 0 Å². The molecule has 1 saturated carbocycles. The van der Waals surface area contributed by atoms with Gasteiger partial charge in [-0.1, -0.05) is 30.3 Å². The number of rotatable bonds is 5. The van der Waals surface area contributed by atoms with Crippen LogP contribution in [0.15, 0.2) is 30.3 Å². The molecule has 1 N–H and O–H groups in total. The zero-order valence-corrected chi connectivity index (χ0v) is 17.0. The van der Waals surface area contributed by atoms with Crippen molar-refractivity contribution in [2.45, 2.75) is 51.0 Å². The molecule has 1 aliphatic carbocycles. The molecular formula is C22H33N3O2. The number of hydrogen-bond donors (Lipinski definition) is 1. The quantitative estimate of drug-likeness (QED) is 0.866. The lowest BCUT2D eigenvalue weighted by molar-refractivity contribution is -0.130. The number of carbonyl (C=O) groups excluding carboxylic acids is 2. The summed E-state index contributed by atoms with van der Waals surface area (Å²) >= 11 is 0. The van der Waals surface area contributed by atoms with Crippen LogP contribution in [0.4, 0.5) is 0 Å². The van der Waals surface area contributed by atoms with E-state index in [-0.39, 0.29) is 22.8 Å². The van der Waals surface area contributed by atoms with E-state index >= 15 is 0 Å². The first kappa shape index (κ1) is 19.9. The minimum absolute atomic E-state index is 0.0751. The molecule has 1 aliphatic heterocycles. The van der Waals surface area contributed by atoms with Crippen LogP contribution in [0, 0.1) is 5.41 Å². The van der Waals surface area contributed by atoms with Crippen molar-refractivity contribution >= 4 is 11.8 Å². The van der Waals surface area contributed by atoms with E-state index in [9.17, 15) is 9.59 Å². The van der Waals surface area contributed by atoms with E-state index in [0.717, 1.165) is 45.2 Å². The van der Waals surface area contributed by atoms with Gasteiger partial charge in [-0.3, -0.25) is 14.5 Å². The van der Waals surface area contributed by atoms with Gasteiger partial charge in [-0.05, 0) is 57.2 Å². The van der Waals surface area contributed by atoms with Gasteiger partial charge in [-0.2, -0.15) is 0 Å². The van der Waals surface area contributed by atoms with Crippen molar-refractivity contribution in [1.82, 2.24) is 15.1 Å². The smallest absolute Gasteiger partial charge is 0.224 e. The third-order valence-electron chi connectivity index (χ3n) is 6.81. The molecule has 1 aromatic carbocycles. The highest BCUT2D eigenvalue weighted by molar-refractivity contribution is 5.78. The van der Waals surface area contributed by atoms with Gasteiger partial charge in [0.05, 0.1) is 0 Å². The van der Waals surface area contributed by atoms with Crippen molar-refractivity contribution in [2.75, 3.05) is 33.7 Å². The Balaban J connectivity index is 1.61. The van der Waals surface area contributed by atoms with E-state index in [1.807, 2.05) is 4.90 Å². The zero-order chi connectivity index (χ0) is 19.5. The number of likely N-dealkylation sites (tertiary alicyclic amines) is 1. The monoisotopic (exact) mass is 371 g/mol. The fourth-order valence-electron chi connectivity index (χ4n) is 5.00. The Morgan fingerprint density at radius 3 is 2.33 bits per heavy atom. The molecule has 1 heterocycles. The lowest BCUT2D eigenvalue weighted by Gasteiger charge is -2.49. The summed E-state index contributed by atoms with van der Waals surface area (Å²) in [6.45, 7) is 3.67. The number of carbonyl (C=O) groups is 2. The Morgan fingerprint density at radius 1 is 1.07 bits per heavy atom. The summed E-state index contributed by atoms with van der Waals surface area (Å²) in [5, 5.41) is 2.72. The number of hydrogen-bond acceptors (Lipinski definition) is 3. The number of nitrogens with zero attached hydrogens (tertiary/aromatic N) is 2. The van der Waals surface area contributed by atoms with Crippen LogP contribution in [0.25, 0.3) is 0 Å². The number of amides is 2. The highest BCUT2D eigenvalue weighted by Gasteiger charge is 2.48. The Hall–Kier alpha value is -1.88. The minimum Gasteiger partial charge on any atom is -0.356 e. The van der Waals surface area contributed by atoms with Crippen LogP contribution in [0.1, 0.15) is 51.0 Å². The second kappa shape index (κ2) is 8.01. The standard InChI is InChI=1S/C22H33N3O2/c1-18(26)23-15-9-20(27)25-16-14-21(17-25)10-12-22(13-11-21,24(2)3)19-7-5-4-6-8-19/h4-8H,9-17H2,1-3H3,(H,23,26). The average Bonchev–Trinajstić information content (AvgIpc) is 3.07. The van der Waals surface area contributed by atoms with Gasteiger partial charge >= 0.3 is 0 Å². The maximum Gasteiger partial charge on any atom is 0.224 e. The summed E-state index contributed by atoms with van der Waals surface area (Å²) in [5.74, 6) is 0.0991. The molecule has 2 aliphatic rings. The second-order valence-electron chi connectivity index (χ2n) is 8.59. The van der Waals surface area contributed by atoms with E-state index in [1.165, 1.54) is 12.5 Å². The third kappa shape index (κ3) is 4.18. The molecule has 2 fully saturated rings. The van der Waals surface area contributed by atoms with Crippen LogP contribution in [0.2, 0.25) is 0 Å². The lowest BCUT2D eigenvalue weighted by Crippen LogP contribution is -2.47. The van der Waals surface area contributed by atoms with Gasteiger partial charge in [0.25, 0.3) is 0 Å². The Morgan fingerprint density at radius 2 is 1.74 bits per heavy atom. The maximum absolute atomic E-state index is 12.5. The zero-order valence-electron chi connectivity index (χ0n) is 17.0. The molecule has 27 heavy (non-hydrogen) atoms. The first-order valence-corrected chi connectivity index (χ1v) is 10.1. The van der Waals surface area contributed by atoms with Crippen molar-refractivity contribution in [1.29, 1.82) is 0 Å². The fraction of sp³-hybridized carbons (Fsp3) is 0.636. The first-order valence-electron chi connectivity index (χ1n) is 10.1. The largest absolute Gasteiger partial charge is 0.356 e. The van der Waals surface area contributed by atoms with Crippen molar-refractivity contribution in [2.24, 2.45) is 5.41 Å². The van der Waals surface area contributed by atoms with E-state index in [2.05, 4.69) is 54.6 Å². The Bertz CT molecular complexity index is 663. The summed E-state index contributed by atoms with van der Waals surface area (Å²) < 4.78 is 0. The highest BCUT2D eigenvalue weighted by Crippen LogP contribution is 2.51. The van der Waals surface area contributed by atoms with Gasteiger partial charge < -0.3 is 10.2 Å². The van der Waals surface area contributed by atoms with Crippen LogP contribution < -0.4 is 5.32 Å². The summed E-state index contributed by atoms with van der Waals surface area (Å²) in [6.07, 6.45) is 6.11. The molecule has 0 radical (unpaired) electrons. The fourth-order valence-corrected chi connectivity index (χ4v) is 5.00. The third-order valence-corrected chi connectivity index (χ3v) is 6.81. The summed E-state index contributed by atoms with van der Waals surface area (Å²) in [6, 6.07) is 10.9. The predicted octanol–water partition coefficient (Wildman–Crippen LogP) is 2.76. The van der Waals surface area contributed by atoms with Crippen molar-refractivity contribution in [3.8, 4) is 0 Å². The molecule has 5 heteroatoms. The molecule has 5 nitrogen and oxygen atoms in total. The molecule has 3 rings (SSSR count). The van der Waals surface area contributed by atoms with Gasteiger partial charge in [0.15, 0.2) is 0 Å². The van der Waals surface area contributed by atoms with Gasteiger partial charge in [0, 0.05) is 38.5 Å². The van der Waals surface area contributed by atoms with E-state index in [1.54, 1.807) is 0 Å². The first-order chi connectivity index (χ1) is 12.9. The molecule has 0 atom stereocenters. The molecule has 1 saturated heterocycles. The van der Waals surface area contributed by atoms with E-state index < -0.39 is 0 Å². The topological polar surface area (TPSA) is 52.7 Å². The average molecular weight is 372 g/mol. The molecular weight excluding hydrogens is 338 g/mol. The maximum atomic E-state index is 12.5. The van der Waals surface area contributed by atoms with Gasteiger partial charge in [-0.25, -0.2) is 0 Å². The molecule has 0 aromatic heterocycles. The SMILES string of the molecule is CC(=O)NCCC(=O)N1CCC2(CCC(c3ccccc3)(N(C)C)CC2)C1. The van der Waals surface area contributed by atoms with Crippen molar-refractivity contribution in [3.63, 3.8) is 0 Å². The normalized spacial score (nSPS) is 27.9. The van der Waals surface area contributed by atoms with Gasteiger partial charge in [0.2, 0.25) is 11.8 Å². The Labute approximate surface area is 163 Å². The van der Waals surface area contributed by atoms with E-state index in [0.29, 0.717) is 13.0 Å². The minimum atomic E-state index is -0.0751. The highest BCUT2D eigenvalue weighted by atomic mass is 16.2. The molecule has 1 spiro atoms. The van der Waals surface area contributed by atoms with Crippen LogP contribution in [-0.2, 0) is 15.1 Å². The Kier molecular flexibility index (Phi) is 5.89. The van der Waals surface area contributed by atoms with Gasteiger partial charge in [0.1, 0.15) is 0 Å². The molecule has 1 aromatic rings. The molecule has 0 unspecified atom stereocenters. The van der Waals surface area contributed by atoms with Crippen LogP contribution >= 0.6 is 0 Å². The van der Waals surface area contributed by atoms with Crippen molar-refractivity contribution in [3.05, 3.63) is 35.9 Å². The number of nitrogens with one attached hydrogen (secondary N) is 1. The summed E-state index contributed by atoms with van der Waals surface area (Å²) in [4.78, 5) is 27.9. The van der Waals surface area contributed by atoms with Crippen molar-refractivity contribution < 1.29 is 9.59 Å². The summed E-state index contributed by atoms with van der Waals surface area (Å²) in [7, 11) is 4.38. The van der Waals surface area contributed by atoms with E-state index in [4.69, 9.17) is 0 Å². The molecule has 148 valence electrons. The predicted molar refractivity (Wildman–Crippen MR) is 107 cm³/mol. The molecule has 2 amide bonds. The van der Waals surface area contributed by atoms with Crippen LogP contribution in [0.5, 0.6) is 0 Å². The summed E-state index contributed by atoms with van der Waals surface area (Å²) in [5.41, 5.74) is 1.79. The molecule has 0 bridgehead atoms. The van der Waals surface area contributed by atoms with Crippen LogP contribution in [-0.4, -0.2) is 55.3 Å².